The maximum atomic E-state index is 12.7. The highest BCUT2D eigenvalue weighted by Gasteiger charge is 2.15. The number of rotatable bonds is 13. The molecule has 3 aromatic carbocycles. The van der Waals surface area contributed by atoms with Crippen molar-refractivity contribution in [2.45, 2.75) is 24.2 Å². The first-order valence-corrected chi connectivity index (χ1v) is 13.3. The summed E-state index contributed by atoms with van der Waals surface area (Å²) in [6.45, 7) is 0.0887. The maximum absolute atomic E-state index is 12.7. The molecule has 3 aromatic rings. The SMILES string of the molecule is COC(=O)c1ccc(COC(CCNS(=O)(=O)c2ccc(N=Nc3ccc(N(C)C)cc3)cc2)N=[N+]=[N-])cc1. The number of benzene rings is 3. The van der Waals surface area contributed by atoms with E-state index >= 15 is 0 Å². The van der Waals surface area contributed by atoms with Crippen LogP contribution in [0, 0.1) is 0 Å². The van der Waals surface area contributed by atoms with Gasteiger partial charge in [0.05, 0.1) is 35.6 Å². The quantitative estimate of drug-likeness (QED) is 0.128. The zero-order chi connectivity index (χ0) is 28.3. The average Bonchev–Trinajstić information content (AvgIpc) is 2.95. The minimum absolute atomic E-state index is 0.0162. The number of methoxy groups -OCH3 is 1. The second kappa shape index (κ2) is 14.0. The molecule has 204 valence electrons. The molecule has 0 aliphatic rings. The summed E-state index contributed by atoms with van der Waals surface area (Å²) in [6.07, 6.45) is -0.782. The predicted octanol–water partition coefficient (Wildman–Crippen LogP) is 5.48. The molecule has 1 N–H and O–H groups in total. The van der Waals surface area contributed by atoms with Gasteiger partial charge in [-0.25, -0.2) is 17.9 Å². The van der Waals surface area contributed by atoms with Gasteiger partial charge in [-0.3, -0.25) is 0 Å². The van der Waals surface area contributed by atoms with E-state index in [4.69, 9.17) is 10.3 Å². The Morgan fingerprint density at radius 3 is 2.10 bits per heavy atom. The van der Waals surface area contributed by atoms with Crippen molar-refractivity contribution in [2.24, 2.45) is 15.3 Å². The van der Waals surface area contributed by atoms with Crippen LogP contribution in [0.25, 0.3) is 10.4 Å². The molecule has 39 heavy (non-hydrogen) atoms. The van der Waals surface area contributed by atoms with Crippen LogP contribution in [0.2, 0.25) is 0 Å². The molecule has 0 radical (unpaired) electrons. The number of nitrogens with zero attached hydrogens (tertiary/aromatic N) is 6. The largest absolute Gasteiger partial charge is 0.465 e. The molecule has 12 nitrogen and oxygen atoms in total. The predicted molar refractivity (Wildman–Crippen MR) is 147 cm³/mol. The lowest BCUT2D eigenvalue weighted by molar-refractivity contribution is 0.0407. The molecule has 3 rings (SSSR count). The van der Waals surface area contributed by atoms with Gasteiger partial charge >= 0.3 is 5.97 Å². The van der Waals surface area contributed by atoms with E-state index in [0.29, 0.717) is 16.9 Å². The Kier molecular flexibility index (Phi) is 10.5. The minimum Gasteiger partial charge on any atom is -0.465 e. The van der Waals surface area contributed by atoms with Gasteiger partial charge in [0.15, 0.2) is 0 Å². The van der Waals surface area contributed by atoms with Crippen molar-refractivity contribution in [3.8, 4) is 0 Å². The van der Waals surface area contributed by atoms with Crippen molar-refractivity contribution in [1.82, 2.24) is 4.72 Å². The summed E-state index contributed by atoms with van der Waals surface area (Å²) in [4.78, 5) is 16.3. The van der Waals surface area contributed by atoms with E-state index in [-0.39, 0.29) is 24.5 Å². The Labute approximate surface area is 227 Å². The van der Waals surface area contributed by atoms with Crippen molar-refractivity contribution in [2.75, 3.05) is 32.6 Å². The number of azide groups is 1. The molecule has 0 aliphatic carbocycles. The Balaban J connectivity index is 1.52. The highest BCUT2D eigenvalue weighted by atomic mass is 32.2. The van der Waals surface area contributed by atoms with Crippen molar-refractivity contribution >= 4 is 33.1 Å². The van der Waals surface area contributed by atoms with Crippen LogP contribution in [-0.2, 0) is 26.1 Å². The van der Waals surface area contributed by atoms with Gasteiger partial charge < -0.3 is 14.4 Å². The molecule has 0 aromatic heterocycles. The van der Waals surface area contributed by atoms with Crippen molar-refractivity contribution < 1.29 is 22.7 Å². The first-order valence-electron chi connectivity index (χ1n) is 11.8. The summed E-state index contributed by atoms with van der Waals surface area (Å²) in [5.74, 6) is -0.452. The van der Waals surface area contributed by atoms with Gasteiger partial charge in [0, 0.05) is 31.2 Å². The molecule has 0 fully saturated rings. The number of carbonyl (C=O) groups excluding carboxylic acids is 1. The number of esters is 1. The number of anilines is 1. The van der Waals surface area contributed by atoms with E-state index < -0.39 is 22.2 Å². The van der Waals surface area contributed by atoms with E-state index in [2.05, 4.69) is 29.7 Å². The van der Waals surface area contributed by atoms with Crippen LogP contribution >= 0.6 is 0 Å². The lowest BCUT2D eigenvalue weighted by atomic mass is 10.1. The van der Waals surface area contributed by atoms with Gasteiger partial charge in [-0.15, -0.1) is 0 Å². The number of ether oxygens (including phenoxy) is 2. The van der Waals surface area contributed by atoms with E-state index in [1.165, 1.54) is 19.2 Å². The zero-order valence-corrected chi connectivity index (χ0v) is 22.6. The number of azo groups is 1. The van der Waals surface area contributed by atoms with Crippen LogP contribution in [0.1, 0.15) is 22.3 Å². The van der Waals surface area contributed by atoms with Crippen LogP contribution < -0.4 is 9.62 Å². The molecule has 0 saturated carbocycles. The third-order valence-electron chi connectivity index (χ3n) is 5.48. The van der Waals surface area contributed by atoms with E-state index in [0.717, 1.165) is 11.3 Å². The third kappa shape index (κ3) is 8.90. The van der Waals surface area contributed by atoms with Crippen LogP contribution in [0.4, 0.5) is 17.1 Å². The Morgan fingerprint density at radius 1 is 0.974 bits per heavy atom. The van der Waals surface area contributed by atoms with Crippen molar-refractivity contribution in [1.29, 1.82) is 0 Å². The smallest absolute Gasteiger partial charge is 0.337 e. The Bertz CT molecular complexity index is 1420. The Morgan fingerprint density at radius 2 is 1.56 bits per heavy atom. The summed E-state index contributed by atoms with van der Waals surface area (Å²) in [5, 5.41) is 11.9. The maximum Gasteiger partial charge on any atom is 0.337 e. The van der Waals surface area contributed by atoms with Crippen LogP contribution in [0.3, 0.4) is 0 Å². The number of sulfonamides is 1. The van der Waals surface area contributed by atoms with Gasteiger partial charge in [0.2, 0.25) is 10.0 Å². The third-order valence-corrected chi connectivity index (χ3v) is 6.95. The molecule has 13 heteroatoms. The second-order valence-corrected chi connectivity index (χ2v) is 10.2. The number of hydrogen-bond donors (Lipinski definition) is 1. The van der Waals surface area contributed by atoms with Crippen molar-refractivity contribution in [3.05, 3.63) is 94.4 Å². The highest BCUT2D eigenvalue weighted by Crippen LogP contribution is 2.22. The average molecular weight is 552 g/mol. The topological polar surface area (TPSA) is 158 Å². The van der Waals surface area contributed by atoms with Crippen LogP contribution in [0.15, 0.2) is 93.0 Å². The second-order valence-electron chi connectivity index (χ2n) is 8.45. The summed E-state index contributed by atoms with van der Waals surface area (Å²) in [5.41, 5.74) is 12.2. The molecular weight excluding hydrogens is 522 g/mol. The summed E-state index contributed by atoms with van der Waals surface area (Å²) >= 11 is 0. The first-order chi connectivity index (χ1) is 18.7. The number of nitrogens with one attached hydrogen (secondary N) is 1. The van der Waals surface area contributed by atoms with Gasteiger partial charge in [-0.2, -0.15) is 10.2 Å². The van der Waals surface area contributed by atoms with Gasteiger partial charge in [-0.05, 0) is 78.2 Å². The monoisotopic (exact) mass is 551 g/mol. The van der Waals surface area contributed by atoms with E-state index in [9.17, 15) is 13.2 Å². The lowest BCUT2D eigenvalue weighted by Gasteiger charge is -2.14. The Hall–Kier alpha value is -4.29. The molecular formula is C26H29N7O5S. The number of hydrogen-bond acceptors (Lipinski definition) is 9. The molecule has 1 atom stereocenters. The van der Waals surface area contributed by atoms with E-state index in [1.807, 2.05) is 43.3 Å². The highest BCUT2D eigenvalue weighted by molar-refractivity contribution is 7.89. The lowest BCUT2D eigenvalue weighted by Crippen LogP contribution is -2.27. The molecule has 0 spiro atoms. The summed E-state index contributed by atoms with van der Waals surface area (Å²) in [7, 11) is 1.38. The summed E-state index contributed by atoms with van der Waals surface area (Å²) < 4.78 is 38.1. The molecule has 0 saturated heterocycles. The van der Waals surface area contributed by atoms with Crippen molar-refractivity contribution in [3.63, 3.8) is 0 Å². The van der Waals surface area contributed by atoms with Crippen LogP contribution in [0.5, 0.6) is 0 Å². The van der Waals surface area contributed by atoms with Gasteiger partial charge in [0.1, 0.15) is 6.23 Å². The fourth-order valence-electron chi connectivity index (χ4n) is 3.30. The number of carbonyl (C=O) groups is 1. The van der Waals surface area contributed by atoms with Crippen LogP contribution in [-0.4, -0.2) is 48.4 Å². The zero-order valence-electron chi connectivity index (χ0n) is 21.8. The summed E-state index contributed by atoms with van der Waals surface area (Å²) in [6, 6.07) is 20.1. The molecule has 0 amide bonds. The fourth-order valence-corrected chi connectivity index (χ4v) is 4.35. The van der Waals surface area contributed by atoms with E-state index in [1.54, 1.807) is 36.4 Å². The van der Waals surface area contributed by atoms with Gasteiger partial charge in [-0.1, -0.05) is 17.2 Å². The normalized spacial score (nSPS) is 12.1. The minimum atomic E-state index is -3.81. The molecule has 0 aliphatic heterocycles. The molecule has 0 bridgehead atoms. The molecule has 1 unspecified atom stereocenters. The fraction of sp³-hybridized carbons (Fsp3) is 0.269. The molecule has 0 heterocycles. The first kappa shape index (κ1) is 29.3. The van der Waals surface area contributed by atoms with Gasteiger partial charge in [0.25, 0.3) is 0 Å². The standard InChI is InChI=1S/C26H29N7O5S/c1-33(2)23-12-8-21(9-13-23)29-30-22-10-14-24(15-11-22)39(35,36)28-17-16-25(31-32-27)38-18-19-4-6-20(7-5-19)26(34)37-3/h4-15,25,28H,16-18H2,1-3H3.